The Balaban J connectivity index is 1.72. The first-order valence-corrected chi connectivity index (χ1v) is 16.7. The van der Waals surface area contributed by atoms with Crippen molar-refractivity contribution in [2.45, 2.75) is 100 Å². The number of carbonyl (C=O) groups is 4. The normalized spacial score (nSPS) is 28.7. The maximum absolute atomic E-state index is 14.4. The van der Waals surface area contributed by atoms with E-state index >= 15 is 0 Å². The molecule has 3 fully saturated rings. The standard InChI is InChI=1S/C34H46BrN3O7/c1-7-10-16-25(40)36-21(6)28(22-14-12-11-13-15-22)44-33(43)26-27-31(41)38(23(9-3)19-39)30(32(42)37(17-8-2)20(4)5)34(27)18-24(35)29(26)45-34/h7-8,11-15,20-21,23-24,26-30,39H,1-2,9-10,16-19H2,3-6H3,(H,36,40)/t21-,23-,24?,26-,27+,28-,29-,30-,34+/m0/s1. The summed E-state index contributed by atoms with van der Waals surface area (Å²) in [5, 5.41) is 13.3. The van der Waals surface area contributed by atoms with E-state index in [0.29, 0.717) is 24.8 Å². The first-order valence-electron chi connectivity index (χ1n) is 15.8. The summed E-state index contributed by atoms with van der Waals surface area (Å²) >= 11 is 3.70. The Morgan fingerprint density at radius 1 is 1.22 bits per heavy atom. The lowest BCUT2D eigenvalue weighted by molar-refractivity contribution is -0.162. The SMILES string of the molecule is C=CCCC(=O)N[C@@H](C)[C@H](OC(=O)[C@@H]1[C@H]2O[C@@]3(CC2Br)[C@H](C(=O)N(CC=C)C(C)C)N([C@@H](CC)CO)C(=O)[C@@H]13)c1ccccc1. The molecule has 3 aliphatic heterocycles. The number of nitrogens with one attached hydrogen (secondary N) is 1. The van der Waals surface area contributed by atoms with Gasteiger partial charge in [0.25, 0.3) is 0 Å². The summed E-state index contributed by atoms with van der Waals surface area (Å²) in [6.07, 6.45) is 3.26. The second-order valence-electron chi connectivity index (χ2n) is 12.5. The molecule has 3 amide bonds. The number of fused-ring (bicyclic) bond motifs is 1. The van der Waals surface area contributed by atoms with Crippen LogP contribution in [0, 0.1) is 11.8 Å². The molecular weight excluding hydrogens is 642 g/mol. The predicted molar refractivity (Wildman–Crippen MR) is 173 cm³/mol. The van der Waals surface area contributed by atoms with E-state index in [2.05, 4.69) is 34.4 Å². The van der Waals surface area contributed by atoms with Crippen LogP contribution in [0.15, 0.2) is 55.6 Å². The number of nitrogens with zero attached hydrogens (tertiary/aromatic N) is 2. The van der Waals surface area contributed by atoms with Crippen LogP contribution in [0.25, 0.3) is 0 Å². The summed E-state index contributed by atoms with van der Waals surface area (Å²) in [4.78, 5) is 58.4. The number of aliphatic hydroxyl groups excluding tert-OH is 1. The number of alkyl halides is 1. The number of esters is 1. The second-order valence-corrected chi connectivity index (χ2v) is 13.7. The van der Waals surface area contributed by atoms with Gasteiger partial charge in [0, 0.05) is 23.8 Å². The molecule has 10 nitrogen and oxygen atoms in total. The Morgan fingerprint density at radius 3 is 2.49 bits per heavy atom. The number of likely N-dealkylation sites (tertiary alicyclic amines) is 1. The zero-order valence-corrected chi connectivity index (χ0v) is 28.1. The van der Waals surface area contributed by atoms with Crippen LogP contribution in [0.2, 0.25) is 0 Å². The van der Waals surface area contributed by atoms with Crippen molar-refractivity contribution in [3.63, 3.8) is 0 Å². The molecule has 45 heavy (non-hydrogen) atoms. The number of amides is 3. The fourth-order valence-corrected chi connectivity index (χ4v) is 8.16. The van der Waals surface area contributed by atoms with Gasteiger partial charge in [-0.3, -0.25) is 19.2 Å². The molecule has 246 valence electrons. The lowest BCUT2D eigenvalue weighted by Gasteiger charge is -2.40. The Kier molecular flexibility index (Phi) is 11.3. The lowest BCUT2D eigenvalue weighted by Crippen LogP contribution is -2.59. The fraction of sp³-hybridized carbons (Fsp3) is 0.588. The quantitative estimate of drug-likeness (QED) is 0.164. The number of aliphatic hydroxyl groups is 1. The molecule has 11 heteroatoms. The van der Waals surface area contributed by atoms with E-state index in [9.17, 15) is 24.3 Å². The van der Waals surface area contributed by atoms with Crippen LogP contribution >= 0.6 is 15.9 Å². The van der Waals surface area contributed by atoms with Crippen LogP contribution in [0.1, 0.15) is 65.0 Å². The second kappa shape index (κ2) is 14.6. The molecule has 3 saturated heterocycles. The smallest absolute Gasteiger partial charge is 0.313 e. The molecule has 2 bridgehead atoms. The maximum atomic E-state index is 14.4. The van der Waals surface area contributed by atoms with Gasteiger partial charge in [-0.2, -0.15) is 0 Å². The summed E-state index contributed by atoms with van der Waals surface area (Å²) in [5.41, 5.74) is -0.604. The Morgan fingerprint density at radius 2 is 1.91 bits per heavy atom. The van der Waals surface area contributed by atoms with Gasteiger partial charge in [0.2, 0.25) is 17.7 Å². The van der Waals surface area contributed by atoms with Crippen molar-refractivity contribution in [1.82, 2.24) is 15.1 Å². The summed E-state index contributed by atoms with van der Waals surface area (Å²) in [6, 6.07) is 6.69. The molecule has 4 rings (SSSR count). The Bertz CT molecular complexity index is 1270. The van der Waals surface area contributed by atoms with Crippen molar-refractivity contribution in [1.29, 1.82) is 0 Å². The van der Waals surface area contributed by atoms with Crippen LogP contribution < -0.4 is 5.32 Å². The van der Waals surface area contributed by atoms with Gasteiger partial charge in [0.05, 0.1) is 36.6 Å². The molecule has 1 aromatic carbocycles. The first-order chi connectivity index (χ1) is 21.5. The molecule has 0 aliphatic carbocycles. The average Bonchev–Trinajstić information content (AvgIpc) is 3.61. The number of benzene rings is 1. The van der Waals surface area contributed by atoms with Crippen molar-refractivity contribution in [3.05, 3.63) is 61.2 Å². The third kappa shape index (κ3) is 6.49. The minimum atomic E-state index is -1.29. The highest BCUT2D eigenvalue weighted by molar-refractivity contribution is 9.09. The van der Waals surface area contributed by atoms with Crippen LogP contribution in [-0.4, -0.2) is 92.4 Å². The topological polar surface area (TPSA) is 125 Å². The molecule has 1 unspecified atom stereocenters. The molecule has 1 spiro atoms. The van der Waals surface area contributed by atoms with Gasteiger partial charge in [-0.05, 0) is 45.6 Å². The molecule has 0 saturated carbocycles. The summed E-state index contributed by atoms with van der Waals surface area (Å²) in [6.45, 7) is 14.8. The average molecular weight is 689 g/mol. The molecule has 2 N–H and O–H groups in total. The van der Waals surface area contributed by atoms with E-state index in [4.69, 9.17) is 9.47 Å². The zero-order chi connectivity index (χ0) is 33.1. The highest BCUT2D eigenvalue weighted by Gasteiger charge is 2.77. The summed E-state index contributed by atoms with van der Waals surface area (Å²) in [7, 11) is 0. The van der Waals surface area contributed by atoms with Crippen molar-refractivity contribution >= 4 is 39.6 Å². The van der Waals surface area contributed by atoms with E-state index in [1.165, 1.54) is 4.90 Å². The third-order valence-electron chi connectivity index (χ3n) is 9.33. The molecule has 9 atom stereocenters. The number of rotatable bonds is 15. The van der Waals surface area contributed by atoms with Gasteiger partial charge < -0.3 is 29.7 Å². The number of carbonyl (C=O) groups excluding carboxylic acids is 4. The molecule has 0 radical (unpaired) electrons. The fourth-order valence-electron chi connectivity index (χ4n) is 7.21. The number of hydrogen-bond acceptors (Lipinski definition) is 7. The zero-order valence-electron chi connectivity index (χ0n) is 26.6. The van der Waals surface area contributed by atoms with Crippen molar-refractivity contribution < 1.29 is 33.8 Å². The molecule has 3 aliphatic rings. The third-order valence-corrected chi connectivity index (χ3v) is 10.2. The van der Waals surface area contributed by atoms with E-state index in [0.717, 1.165) is 0 Å². The van der Waals surface area contributed by atoms with Crippen molar-refractivity contribution in [3.8, 4) is 0 Å². The minimum Gasteiger partial charge on any atom is -0.455 e. The van der Waals surface area contributed by atoms with Crippen LogP contribution in [0.4, 0.5) is 0 Å². The highest BCUT2D eigenvalue weighted by atomic mass is 79.9. The summed E-state index contributed by atoms with van der Waals surface area (Å²) < 4.78 is 12.8. The van der Waals surface area contributed by atoms with Crippen molar-refractivity contribution in [2.75, 3.05) is 13.2 Å². The van der Waals surface area contributed by atoms with Gasteiger partial charge in [-0.15, -0.1) is 13.2 Å². The molecular formula is C34H46BrN3O7. The minimum absolute atomic E-state index is 0.189. The summed E-state index contributed by atoms with van der Waals surface area (Å²) in [5.74, 6) is -3.53. The van der Waals surface area contributed by atoms with E-state index in [-0.39, 0.29) is 42.3 Å². The van der Waals surface area contributed by atoms with Crippen molar-refractivity contribution in [2.24, 2.45) is 11.8 Å². The van der Waals surface area contributed by atoms with E-state index in [1.54, 1.807) is 24.0 Å². The molecule has 1 aromatic rings. The van der Waals surface area contributed by atoms with Gasteiger partial charge in [0.15, 0.2) is 0 Å². The number of ether oxygens (including phenoxy) is 2. The Hall–Kier alpha value is -3.02. The monoisotopic (exact) mass is 687 g/mol. The molecule has 3 heterocycles. The number of hydrogen-bond donors (Lipinski definition) is 2. The highest BCUT2D eigenvalue weighted by Crippen LogP contribution is 2.61. The van der Waals surface area contributed by atoms with E-state index in [1.807, 2.05) is 51.1 Å². The van der Waals surface area contributed by atoms with Gasteiger partial charge in [-0.25, -0.2) is 0 Å². The van der Waals surface area contributed by atoms with Crippen LogP contribution in [0.3, 0.4) is 0 Å². The largest absolute Gasteiger partial charge is 0.455 e. The number of allylic oxidation sites excluding steroid dienone is 1. The lowest BCUT2D eigenvalue weighted by atomic mass is 9.70. The first kappa shape index (κ1) is 34.8. The van der Waals surface area contributed by atoms with Crippen LogP contribution in [0.5, 0.6) is 0 Å². The van der Waals surface area contributed by atoms with E-state index < -0.39 is 59.6 Å². The van der Waals surface area contributed by atoms with Crippen LogP contribution in [-0.2, 0) is 28.7 Å². The van der Waals surface area contributed by atoms with Gasteiger partial charge in [0.1, 0.15) is 17.7 Å². The Labute approximate surface area is 274 Å². The predicted octanol–water partition coefficient (Wildman–Crippen LogP) is 3.68. The van der Waals surface area contributed by atoms with Gasteiger partial charge >= 0.3 is 5.97 Å². The molecule has 0 aromatic heterocycles. The van der Waals surface area contributed by atoms with Gasteiger partial charge in [-0.1, -0.05) is 65.3 Å². The maximum Gasteiger partial charge on any atom is 0.313 e. The number of halogens is 1.